The Balaban J connectivity index is 0.000000229. The standard InChI is InChI=1S/C20H24FN3O4.C11H16FN3O5/c1-4-14-20(3,5-2)15(28-18(25)12-9-7-6-8-10-12)17(27-14)24-11-13(21)16(22)23-19(24)26;1-11(4-17)6(3-16)20-9(7(11)18)15-2-5(12)8(13)14-10(15)19/h6-11,14-15,17H,4-5H2,1-3H3,(H2,22,23,26);2,6-7,9,16-18H,3-4H2,1H3,(H2,13,14,19). The first kappa shape index (κ1) is 36.5. The summed E-state index contributed by atoms with van der Waals surface area (Å²) in [6, 6.07) is 8.55. The highest BCUT2D eigenvalue weighted by molar-refractivity contribution is 5.89. The first-order valence-electron chi connectivity index (χ1n) is 15.2. The molecule has 2 saturated heterocycles. The fourth-order valence-electron chi connectivity index (χ4n) is 5.92. The molecule has 8 atom stereocenters. The summed E-state index contributed by atoms with van der Waals surface area (Å²) in [5, 5.41) is 28.8. The highest BCUT2D eigenvalue weighted by atomic mass is 19.1. The number of hydrogen-bond acceptors (Lipinski definition) is 13. The van der Waals surface area contributed by atoms with Crippen molar-refractivity contribution in [2.24, 2.45) is 10.8 Å². The number of nitrogens with zero attached hydrogens (tertiary/aromatic N) is 4. The molecule has 0 aliphatic carbocycles. The Morgan fingerprint density at radius 3 is 1.90 bits per heavy atom. The predicted molar refractivity (Wildman–Crippen MR) is 166 cm³/mol. The lowest BCUT2D eigenvalue weighted by molar-refractivity contribution is -0.0574. The maximum atomic E-state index is 14.0. The van der Waals surface area contributed by atoms with E-state index in [1.54, 1.807) is 30.3 Å². The highest BCUT2D eigenvalue weighted by Crippen LogP contribution is 2.48. The van der Waals surface area contributed by atoms with Gasteiger partial charge in [0.05, 0.1) is 43.4 Å². The van der Waals surface area contributed by atoms with Crippen LogP contribution in [0.2, 0.25) is 0 Å². The van der Waals surface area contributed by atoms with Crippen molar-refractivity contribution in [1.82, 2.24) is 19.1 Å². The van der Waals surface area contributed by atoms with Crippen LogP contribution in [0, 0.1) is 22.5 Å². The third-order valence-corrected chi connectivity index (χ3v) is 9.23. The van der Waals surface area contributed by atoms with E-state index in [1.807, 2.05) is 20.8 Å². The molecule has 0 amide bonds. The lowest BCUT2D eigenvalue weighted by atomic mass is 9.77. The molecule has 0 bridgehead atoms. The number of ether oxygens (including phenoxy) is 3. The molecule has 15 nitrogen and oxygen atoms in total. The lowest BCUT2D eigenvalue weighted by Gasteiger charge is -2.33. The van der Waals surface area contributed by atoms with E-state index < -0.39 is 95.4 Å². The predicted octanol–water partition coefficient (Wildman–Crippen LogP) is 1.13. The van der Waals surface area contributed by atoms with Gasteiger partial charge in [0.15, 0.2) is 41.8 Å². The summed E-state index contributed by atoms with van der Waals surface area (Å²) in [4.78, 5) is 43.5. The number of nitrogen functional groups attached to an aromatic ring is 2. The van der Waals surface area contributed by atoms with Crippen LogP contribution in [0.15, 0.2) is 52.3 Å². The molecule has 1 aromatic carbocycles. The van der Waals surface area contributed by atoms with Crippen LogP contribution in [0.1, 0.15) is 63.4 Å². The fraction of sp³-hybridized carbons (Fsp3) is 0.516. The number of aliphatic hydroxyl groups is 3. The lowest BCUT2D eigenvalue weighted by Crippen LogP contribution is -2.43. The van der Waals surface area contributed by atoms with Crippen molar-refractivity contribution in [2.45, 2.75) is 77.4 Å². The molecule has 8 unspecified atom stereocenters. The van der Waals surface area contributed by atoms with Crippen LogP contribution in [0.25, 0.3) is 0 Å². The van der Waals surface area contributed by atoms with Gasteiger partial charge in [-0.15, -0.1) is 0 Å². The monoisotopic (exact) mass is 678 g/mol. The second kappa shape index (κ2) is 14.4. The quantitative estimate of drug-likeness (QED) is 0.211. The van der Waals surface area contributed by atoms with Crippen molar-refractivity contribution in [1.29, 1.82) is 0 Å². The molecule has 2 aromatic heterocycles. The van der Waals surface area contributed by atoms with Crippen molar-refractivity contribution < 1.29 is 43.1 Å². The number of anilines is 2. The first-order valence-corrected chi connectivity index (χ1v) is 15.2. The number of esters is 1. The van der Waals surface area contributed by atoms with Gasteiger partial charge in [-0.1, -0.05) is 45.9 Å². The molecule has 7 N–H and O–H groups in total. The van der Waals surface area contributed by atoms with Gasteiger partial charge in [0.1, 0.15) is 6.10 Å². The number of rotatable bonds is 8. The molecule has 0 saturated carbocycles. The summed E-state index contributed by atoms with van der Waals surface area (Å²) in [5.74, 6) is -3.34. The third-order valence-electron chi connectivity index (χ3n) is 9.23. The SMILES string of the molecule is CC1(CO)C(CO)OC(n2cc(F)c(N)nc2=O)C1O.CCC1OC(n2cc(F)c(N)nc2=O)C(OC(=O)c2ccccc2)C1(C)CC. The van der Waals surface area contributed by atoms with E-state index in [4.69, 9.17) is 25.7 Å². The Morgan fingerprint density at radius 2 is 1.44 bits per heavy atom. The second-order valence-corrected chi connectivity index (χ2v) is 12.1. The molecule has 0 radical (unpaired) electrons. The van der Waals surface area contributed by atoms with E-state index in [-0.39, 0.29) is 6.10 Å². The summed E-state index contributed by atoms with van der Waals surface area (Å²) in [6.45, 7) is 6.39. The van der Waals surface area contributed by atoms with E-state index in [0.29, 0.717) is 18.4 Å². The summed E-state index contributed by atoms with van der Waals surface area (Å²) in [6.07, 6.45) is -2.59. The van der Waals surface area contributed by atoms with E-state index in [0.717, 1.165) is 21.5 Å². The summed E-state index contributed by atoms with van der Waals surface area (Å²) < 4.78 is 46.4. The molecule has 4 heterocycles. The molecule has 2 aliphatic heterocycles. The fourth-order valence-corrected chi connectivity index (χ4v) is 5.92. The van der Waals surface area contributed by atoms with E-state index >= 15 is 0 Å². The molecule has 17 heteroatoms. The van der Waals surface area contributed by atoms with Gasteiger partial charge in [-0.05, 0) is 25.0 Å². The Hall–Kier alpha value is -4.29. The summed E-state index contributed by atoms with van der Waals surface area (Å²) in [7, 11) is 0. The molecular weight excluding hydrogens is 638 g/mol. The number of aromatic nitrogens is 4. The van der Waals surface area contributed by atoms with Crippen molar-refractivity contribution >= 4 is 17.6 Å². The van der Waals surface area contributed by atoms with Crippen molar-refractivity contribution in [3.05, 3.63) is 80.9 Å². The van der Waals surface area contributed by atoms with Gasteiger partial charge < -0.3 is 41.0 Å². The molecule has 0 spiro atoms. The number of benzene rings is 1. The highest BCUT2D eigenvalue weighted by Gasteiger charge is 2.55. The maximum absolute atomic E-state index is 14.0. The van der Waals surface area contributed by atoms with Crippen molar-refractivity contribution in [3.63, 3.8) is 0 Å². The van der Waals surface area contributed by atoms with E-state index in [9.17, 15) is 38.5 Å². The van der Waals surface area contributed by atoms with Crippen LogP contribution in [0.3, 0.4) is 0 Å². The average molecular weight is 679 g/mol. The normalized spacial score (nSPS) is 29.7. The zero-order valence-electron chi connectivity index (χ0n) is 26.8. The molecule has 2 fully saturated rings. The zero-order chi connectivity index (χ0) is 35.6. The Morgan fingerprint density at radius 1 is 0.917 bits per heavy atom. The Labute approximate surface area is 273 Å². The van der Waals surface area contributed by atoms with Gasteiger partial charge in [0.25, 0.3) is 0 Å². The second-order valence-electron chi connectivity index (χ2n) is 12.1. The van der Waals surface area contributed by atoms with Gasteiger partial charge in [0, 0.05) is 10.8 Å². The zero-order valence-corrected chi connectivity index (χ0v) is 26.8. The number of halogens is 2. The number of nitrogens with two attached hydrogens (primary N) is 2. The average Bonchev–Trinajstić information content (AvgIpc) is 3.50. The van der Waals surface area contributed by atoms with Crippen LogP contribution < -0.4 is 22.8 Å². The van der Waals surface area contributed by atoms with Gasteiger partial charge in [0.2, 0.25) is 0 Å². The van der Waals surface area contributed by atoms with Crippen LogP contribution >= 0.6 is 0 Å². The smallest absolute Gasteiger partial charge is 0.351 e. The largest absolute Gasteiger partial charge is 0.453 e. The summed E-state index contributed by atoms with van der Waals surface area (Å²) >= 11 is 0. The number of carbonyl (C=O) groups is 1. The molecule has 5 rings (SSSR count). The number of aliphatic hydroxyl groups excluding tert-OH is 3. The molecular formula is C31H40F2N6O9. The number of carbonyl (C=O) groups excluding carboxylic acids is 1. The van der Waals surface area contributed by atoms with Crippen LogP contribution in [0.5, 0.6) is 0 Å². The van der Waals surface area contributed by atoms with E-state index in [2.05, 4.69) is 9.97 Å². The Kier molecular flexibility index (Phi) is 11.0. The Bertz CT molecular complexity index is 1730. The van der Waals surface area contributed by atoms with Gasteiger partial charge in [-0.25, -0.2) is 23.2 Å². The topological polar surface area (TPSA) is 227 Å². The molecule has 3 aromatic rings. The van der Waals surface area contributed by atoms with Crippen molar-refractivity contribution in [3.8, 4) is 0 Å². The van der Waals surface area contributed by atoms with Crippen LogP contribution in [-0.2, 0) is 14.2 Å². The van der Waals surface area contributed by atoms with Crippen molar-refractivity contribution in [2.75, 3.05) is 24.7 Å². The minimum atomic E-state index is -1.33. The first-order chi connectivity index (χ1) is 22.7. The third kappa shape index (κ3) is 6.68. The minimum absolute atomic E-state index is 0.288. The van der Waals surface area contributed by atoms with Crippen LogP contribution in [-0.4, -0.2) is 78.0 Å². The minimum Gasteiger partial charge on any atom is -0.453 e. The maximum Gasteiger partial charge on any atom is 0.351 e. The van der Waals surface area contributed by atoms with Gasteiger partial charge in [-0.3, -0.25) is 9.13 Å². The van der Waals surface area contributed by atoms with Crippen LogP contribution in [0.4, 0.5) is 20.4 Å². The van der Waals surface area contributed by atoms with Gasteiger partial charge in [-0.2, -0.15) is 9.97 Å². The molecule has 262 valence electrons. The van der Waals surface area contributed by atoms with Gasteiger partial charge >= 0.3 is 17.3 Å². The van der Waals surface area contributed by atoms with E-state index in [1.165, 1.54) is 6.92 Å². The molecule has 48 heavy (non-hydrogen) atoms. The molecule has 2 aliphatic rings. The number of hydrogen-bond donors (Lipinski definition) is 5. The summed E-state index contributed by atoms with van der Waals surface area (Å²) in [5.41, 5.74) is 7.53.